The largest absolute Gasteiger partial charge is 0.309 e. The molecule has 12 rings (SSSR count). The second-order valence-electron chi connectivity index (χ2n) is 14.9. The minimum absolute atomic E-state index is 1.14. The van der Waals surface area contributed by atoms with Gasteiger partial charge < -0.3 is 13.7 Å². The average Bonchev–Trinajstić information content (AvgIpc) is 3.93. The van der Waals surface area contributed by atoms with Gasteiger partial charge in [-0.05, 0) is 89.0 Å². The molecule has 12 aromatic rings. The molecule has 3 heterocycles. The number of aromatic nitrogens is 3. The van der Waals surface area contributed by atoms with E-state index < -0.39 is 0 Å². The van der Waals surface area contributed by atoms with Gasteiger partial charge in [-0.2, -0.15) is 0 Å². The van der Waals surface area contributed by atoms with Crippen molar-refractivity contribution in [2.45, 2.75) is 0 Å². The van der Waals surface area contributed by atoms with Crippen LogP contribution in [0.5, 0.6) is 0 Å². The van der Waals surface area contributed by atoms with Crippen LogP contribution in [-0.4, -0.2) is 13.7 Å². The molecule has 0 atom stereocenters. The second kappa shape index (κ2) is 12.5. The molecule has 0 saturated heterocycles. The molecule has 0 unspecified atom stereocenters. The first-order valence-electron chi connectivity index (χ1n) is 19.6. The standard InChI is InChI=1S/C54H35N3/c1-3-15-36(16-4-1)38-17-13-20-41(35-38)56-48-26-11-8-22-45(48)52-42(24-14-28-50(52)56)37-29-31-40(32-30-37)55-49-27-12-9-23-46(49)53-51(55)34-33-44-43-21-7-10-25-47(43)57(54(44)53)39-18-5-2-6-19-39/h1-35H. The summed E-state index contributed by atoms with van der Waals surface area (Å²) in [6.07, 6.45) is 0. The molecule has 3 nitrogen and oxygen atoms in total. The summed E-state index contributed by atoms with van der Waals surface area (Å²) in [5.74, 6) is 0. The van der Waals surface area contributed by atoms with E-state index in [4.69, 9.17) is 0 Å². The Hall–Kier alpha value is -7.62. The summed E-state index contributed by atoms with van der Waals surface area (Å²) in [7, 11) is 0. The average molecular weight is 726 g/mol. The van der Waals surface area contributed by atoms with Crippen LogP contribution in [0.4, 0.5) is 0 Å². The molecule has 0 fully saturated rings. The zero-order chi connectivity index (χ0) is 37.5. The molecule has 0 amide bonds. The third-order valence-electron chi connectivity index (χ3n) is 11.8. The molecule has 0 aliphatic heterocycles. The molecule has 0 aliphatic rings. The van der Waals surface area contributed by atoms with Gasteiger partial charge in [0.2, 0.25) is 0 Å². The molecule has 9 aromatic carbocycles. The van der Waals surface area contributed by atoms with E-state index in [2.05, 4.69) is 226 Å². The van der Waals surface area contributed by atoms with E-state index >= 15 is 0 Å². The topological polar surface area (TPSA) is 14.8 Å². The number of rotatable bonds is 5. The van der Waals surface area contributed by atoms with Gasteiger partial charge in [0, 0.05) is 49.4 Å². The van der Waals surface area contributed by atoms with Crippen molar-refractivity contribution in [3.05, 3.63) is 212 Å². The normalized spacial score (nSPS) is 11.9. The van der Waals surface area contributed by atoms with Crippen LogP contribution in [0.2, 0.25) is 0 Å². The van der Waals surface area contributed by atoms with Crippen LogP contribution in [0.15, 0.2) is 212 Å². The van der Waals surface area contributed by atoms with Gasteiger partial charge in [-0.1, -0.05) is 146 Å². The quantitative estimate of drug-likeness (QED) is 0.168. The number of fused-ring (bicyclic) bond motifs is 10. The smallest absolute Gasteiger partial charge is 0.0641 e. The minimum Gasteiger partial charge on any atom is -0.309 e. The molecule has 266 valence electrons. The minimum atomic E-state index is 1.14. The van der Waals surface area contributed by atoms with E-state index in [1.807, 2.05) is 0 Å². The SMILES string of the molecule is c1ccc(-c2cccc(-n3c4ccccc4c4c(-c5ccc(-n6c7ccccc7c7c6ccc6c8ccccc8n(-c8ccccc8)c67)cc5)cccc43)c2)cc1. The fourth-order valence-electron chi connectivity index (χ4n) is 9.42. The second-order valence-corrected chi connectivity index (χ2v) is 14.9. The Morgan fingerprint density at radius 2 is 0.754 bits per heavy atom. The Labute approximate surface area is 329 Å². The molecule has 57 heavy (non-hydrogen) atoms. The zero-order valence-electron chi connectivity index (χ0n) is 31.0. The third kappa shape index (κ3) is 4.73. The van der Waals surface area contributed by atoms with Crippen molar-refractivity contribution in [1.29, 1.82) is 0 Å². The first-order chi connectivity index (χ1) is 28.3. The predicted molar refractivity (Wildman–Crippen MR) is 240 cm³/mol. The Kier molecular flexibility index (Phi) is 6.93. The van der Waals surface area contributed by atoms with Crippen molar-refractivity contribution in [3.63, 3.8) is 0 Å². The lowest BCUT2D eigenvalue weighted by Crippen LogP contribution is -1.95. The molecule has 0 radical (unpaired) electrons. The van der Waals surface area contributed by atoms with Gasteiger partial charge >= 0.3 is 0 Å². The van der Waals surface area contributed by atoms with E-state index in [1.54, 1.807) is 0 Å². The zero-order valence-corrected chi connectivity index (χ0v) is 31.0. The highest BCUT2D eigenvalue weighted by Crippen LogP contribution is 2.43. The summed E-state index contributed by atoms with van der Waals surface area (Å²) in [6.45, 7) is 0. The number of hydrogen-bond acceptors (Lipinski definition) is 0. The Morgan fingerprint density at radius 3 is 1.49 bits per heavy atom. The van der Waals surface area contributed by atoms with Gasteiger partial charge in [-0.3, -0.25) is 0 Å². The van der Waals surface area contributed by atoms with Gasteiger partial charge in [0.15, 0.2) is 0 Å². The number of nitrogens with zero attached hydrogens (tertiary/aromatic N) is 3. The Balaban J connectivity index is 1.04. The molecule has 3 aromatic heterocycles. The van der Waals surface area contributed by atoms with E-state index in [9.17, 15) is 0 Å². The summed E-state index contributed by atoms with van der Waals surface area (Å²) in [5, 5.41) is 7.55. The summed E-state index contributed by atoms with van der Waals surface area (Å²) in [6, 6.07) is 77.3. The molecule has 3 heteroatoms. The lowest BCUT2D eigenvalue weighted by Gasteiger charge is -2.12. The highest BCUT2D eigenvalue weighted by atomic mass is 15.0. The van der Waals surface area contributed by atoms with E-state index in [-0.39, 0.29) is 0 Å². The van der Waals surface area contributed by atoms with Crippen LogP contribution in [-0.2, 0) is 0 Å². The van der Waals surface area contributed by atoms with Crippen molar-refractivity contribution < 1.29 is 0 Å². The van der Waals surface area contributed by atoms with E-state index in [1.165, 1.54) is 87.7 Å². The highest BCUT2D eigenvalue weighted by molar-refractivity contribution is 6.26. The van der Waals surface area contributed by atoms with Gasteiger partial charge in [0.05, 0.1) is 33.1 Å². The maximum atomic E-state index is 2.45. The van der Waals surface area contributed by atoms with Crippen LogP contribution < -0.4 is 0 Å². The van der Waals surface area contributed by atoms with Crippen LogP contribution >= 0.6 is 0 Å². The van der Waals surface area contributed by atoms with E-state index in [0.29, 0.717) is 0 Å². The van der Waals surface area contributed by atoms with E-state index in [0.717, 1.165) is 17.1 Å². The Bertz CT molecular complexity index is 3490. The molecule has 0 spiro atoms. The van der Waals surface area contributed by atoms with Crippen molar-refractivity contribution >= 4 is 65.4 Å². The summed E-state index contributed by atoms with van der Waals surface area (Å²) < 4.78 is 7.30. The van der Waals surface area contributed by atoms with Crippen molar-refractivity contribution in [1.82, 2.24) is 13.7 Å². The van der Waals surface area contributed by atoms with Crippen LogP contribution in [0.1, 0.15) is 0 Å². The molecule has 0 bridgehead atoms. The van der Waals surface area contributed by atoms with Gasteiger partial charge in [0.25, 0.3) is 0 Å². The molecule has 0 N–H and O–H groups in total. The van der Waals surface area contributed by atoms with Gasteiger partial charge in [-0.25, -0.2) is 0 Å². The maximum absolute atomic E-state index is 2.45. The van der Waals surface area contributed by atoms with Gasteiger partial charge in [0.1, 0.15) is 0 Å². The highest BCUT2D eigenvalue weighted by Gasteiger charge is 2.21. The fourth-order valence-corrected chi connectivity index (χ4v) is 9.42. The first kappa shape index (κ1) is 31.7. The predicted octanol–water partition coefficient (Wildman–Crippen LogP) is 14.3. The molecule has 0 aliphatic carbocycles. The summed E-state index contributed by atoms with van der Waals surface area (Å²) >= 11 is 0. The van der Waals surface area contributed by atoms with Crippen molar-refractivity contribution in [2.24, 2.45) is 0 Å². The molecule has 0 saturated carbocycles. The lowest BCUT2D eigenvalue weighted by atomic mass is 9.99. The maximum Gasteiger partial charge on any atom is 0.0641 e. The third-order valence-corrected chi connectivity index (χ3v) is 11.8. The molecular weight excluding hydrogens is 691 g/mol. The van der Waals surface area contributed by atoms with Gasteiger partial charge in [-0.15, -0.1) is 0 Å². The summed E-state index contributed by atoms with van der Waals surface area (Å²) in [5.41, 5.74) is 15.5. The number of hydrogen-bond donors (Lipinski definition) is 0. The van der Waals surface area contributed by atoms with Crippen LogP contribution in [0.25, 0.3) is 105 Å². The fraction of sp³-hybridized carbons (Fsp3) is 0. The molecular formula is C54H35N3. The van der Waals surface area contributed by atoms with Crippen molar-refractivity contribution in [3.8, 4) is 39.3 Å². The monoisotopic (exact) mass is 725 g/mol. The Morgan fingerprint density at radius 1 is 0.246 bits per heavy atom. The first-order valence-corrected chi connectivity index (χ1v) is 19.6. The van der Waals surface area contributed by atoms with Crippen LogP contribution in [0, 0.1) is 0 Å². The van der Waals surface area contributed by atoms with Crippen molar-refractivity contribution in [2.75, 3.05) is 0 Å². The number of para-hydroxylation sites is 4. The van der Waals surface area contributed by atoms with Crippen LogP contribution in [0.3, 0.4) is 0 Å². The summed E-state index contributed by atoms with van der Waals surface area (Å²) in [4.78, 5) is 0. The number of benzene rings is 9. The lowest BCUT2D eigenvalue weighted by molar-refractivity contribution is 1.17.